The zero-order valence-corrected chi connectivity index (χ0v) is 44.4. The van der Waals surface area contributed by atoms with E-state index < -0.39 is 0 Å². The minimum atomic E-state index is 1.13. The van der Waals surface area contributed by atoms with Crippen molar-refractivity contribution in [2.45, 2.75) is 32.6 Å². The molecule has 80 heavy (non-hydrogen) atoms. The Morgan fingerprint density at radius 2 is 0.738 bits per heavy atom. The summed E-state index contributed by atoms with van der Waals surface area (Å²) in [5.74, 6) is 0. The largest absolute Gasteiger partial charge is 0.309 e. The van der Waals surface area contributed by atoms with Crippen LogP contribution < -0.4 is 0 Å². The highest BCUT2D eigenvalue weighted by Crippen LogP contribution is 2.46. The lowest BCUT2D eigenvalue weighted by Crippen LogP contribution is -2.07. The van der Waals surface area contributed by atoms with E-state index in [1.54, 1.807) is 0 Å². The van der Waals surface area contributed by atoms with Crippen LogP contribution in [0.15, 0.2) is 255 Å². The van der Waals surface area contributed by atoms with E-state index in [1.807, 2.05) is 0 Å². The van der Waals surface area contributed by atoms with Gasteiger partial charge in [0.25, 0.3) is 0 Å². The van der Waals surface area contributed by atoms with Gasteiger partial charge < -0.3 is 13.7 Å². The lowest BCUT2D eigenvalue weighted by atomic mass is 9.84. The molecule has 0 bridgehead atoms. The standard InChI is InChI=1S/C77H53N3/c1-48-64(58-35-31-51-29-33-56(51)42-58)23-13-24-65(48)60-43-59(57-34-30-50-28-32-55(50)41-57)45-63(46-60)80-72-26-9-5-20-66(72)68-37-39-75-76(77(68)80)69-22-7-10-27-73(69)79(75)62-36-38-74-70(47-62)67-21-6-8-25-71(67)78(74)61-19-12-18-54(44-61)53-17-11-16-52(40-53)49-14-3-2-4-15-49/h2-27,30-31,34-47H,28-29,32-33H2,1H3. The molecule has 0 radical (unpaired) electrons. The van der Waals surface area contributed by atoms with Crippen LogP contribution in [0, 0.1) is 6.92 Å². The van der Waals surface area contributed by atoms with Gasteiger partial charge in [0, 0.05) is 49.4 Å². The second kappa shape index (κ2) is 17.5. The van der Waals surface area contributed by atoms with Crippen LogP contribution in [0.4, 0.5) is 0 Å². The number of benzene rings is 12. The average molecular weight is 1020 g/mol. The maximum absolute atomic E-state index is 2.58. The third-order valence-corrected chi connectivity index (χ3v) is 18.0. The molecule has 3 heteroatoms. The Hall–Kier alpha value is -9.96. The Kier molecular flexibility index (Phi) is 9.88. The van der Waals surface area contributed by atoms with Crippen LogP contribution in [0.2, 0.25) is 0 Å². The first-order valence-electron chi connectivity index (χ1n) is 28.3. The van der Waals surface area contributed by atoms with Crippen molar-refractivity contribution in [1.29, 1.82) is 0 Å². The monoisotopic (exact) mass is 1020 g/mol. The highest BCUT2D eigenvalue weighted by molar-refractivity contribution is 6.26. The zero-order valence-electron chi connectivity index (χ0n) is 44.4. The first-order valence-corrected chi connectivity index (χ1v) is 28.3. The van der Waals surface area contributed by atoms with Crippen molar-refractivity contribution < 1.29 is 0 Å². The molecule has 0 saturated carbocycles. The van der Waals surface area contributed by atoms with Gasteiger partial charge in [-0.15, -0.1) is 0 Å². The number of hydrogen-bond acceptors (Lipinski definition) is 0. The third kappa shape index (κ3) is 6.87. The molecule has 0 saturated heterocycles. The molecule has 2 aliphatic rings. The van der Waals surface area contributed by atoms with E-state index in [2.05, 4.69) is 275 Å². The highest BCUT2D eigenvalue weighted by Gasteiger charge is 2.24. The summed E-state index contributed by atoms with van der Waals surface area (Å²) in [5, 5.41) is 7.41. The summed E-state index contributed by atoms with van der Waals surface area (Å²) >= 11 is 0. The molecule has 0 atom stereocenters. The predicted octanol–water partition coefficient (Wildman–Crippen LogP) is 19.8. The fourth-order valence-electron chi connectivity index (χ4n) is 13.8. The van der Waals surface area contributed by atoms with E-state index >= 15 is 0 Å². The van der Waals surface area contributed by atoms with Gasteiger partial charge in [-0.1, -0.05) is 176 Å². The van der Waals surface area contributed by atoms with Crippen molar-refractivity contribution in [1.82, 2.24) is 13.7 Å². The van der Waals surface area contributed by atoms with E-state index in [4.69, 9.17) is 0 Å². The number of rotatable bonds is 8. The molecule has 17 rings (SSSR count). The van der Waals surface area contributed by atoms with E-state index in [0.717, 1.165) is 29.9 Å². The molecule has 3 heterocycles. The molecule has 3 nitrogen and oxygen atoms in total. The Balaban J connectivity index is 0.865. The topological polar surface area (TPSA) is 14.8 Å². The summed E-state index contributed by atoms with van der Waals surface area (Å²) in [7, 11) is 0. The van der Waals surface area contributed by atoms with Gasteiger partial charge in [-0.2, -0.15) is 0 Å². The number of aryl methyl sites for hydroxylation is 4. The molecule has 376 valence electrons. The zero-order chi connectivity index (χ0) is 52.6. The highest BCUT2D eigenvalue weighted by atomic mass is 15.0. The van der Waals surface area contributed by atoms with Crippen LogP contribution >= 0.6 is 0 Å². The van der Waals surface area contributed by atoms with Crippen molar-refractivity contribution in [2.24, 2.45) is 0 Å². The first kappa shape index (κ1) is 45.1. The van der Waals surface area contributed by atoms with Crippen LogP contribution in [0.25, 0.3) is 138 Å². The van der Waals surface area contributed by atoms with Gasteiger partial charge in [0.15, 0.2) is 0 Å². The molecule has 0 spiro atoms. The van der Waals surface area contributed by atoms with Gasteiger partial charge in [-0.3, -0.25) is 0 Å². The molecule has 2 aliphatic carbocycles. The Morgan fingerprint density at radius 1 is 0.250 bits per heavy atom. The van der Waals surface area contributed by atoms with Crippen molar-refractivity contribution in [3.63, 3.8) is 0 Å². The Bertz CT molecular complexity index is 5080. The third-order valence-electron chi connectivity index (χ3n) is 18.0. The molecular formula is C77H53N3. The fraction of sp³-hybridized carbons (Fsp3) is 0.0649. The normalized spacial score (nSPS) is 12.9. The van der Waals surface area contributed by atoms with Crippen LogP contribution in [-0.4, -0.2) is 13.7 Å². The molecule has 0 amide bonds. The van der Waals surface area contributed by atoms with Gasteiger partial charge in [0.1, 0.15) is 0 Å². The molecule has 3 aromatic heterocycles. The summed E-state index contributed by atoms with van der Waals surface area (Å²) in [5.41, 5.74) is 30.2. The van der Waals surface area contributed by atoms with E-state index in [1.165, 1.54) is 162 Å². The number of nitrogens with zero attached hydrogens (tertiary/aromatic N) is 3. The van der Waals surface area contributed by atoms with Crippen LogP contribution in [0.1, 0.15) is 27.8 Å². The summed E-state index contributed by atoms with van der Waals surface area (Å²) < 4.78 is 7.53. The van der Waals surface area contributed by atoms with Crippen LogP contribution in [-0.2, 0) is 25.7 Å². The quantitative estimate of drug-likeness (QED) is 0.144. The molecule has 0 aliphatic heterocycles. The smallest absolute Gasteiger partial charge is 0.0641 e. The lowest BCUT2D eigenvalue weighted by Gasteiger charge is -2.21. The minimum absolute atomic E-state index is 1.13. The predicted molar refractivity (Wildman–Crippen MR) is 336 cm³/mol. The van der Waals surface area contributed by atoms with Crippen molar-refractivity contribution in [3.05, 3.63) is 283 Å². The average Bonchev–Trinajstić information content (AvgIpc) is 4.24. The number of fused-ring (bicyclic) bond motifs is 12. The van der Waals surface area contributed by atoms with Gasteiger partial charge in [0.2, 0.25) is 0 Å². The fourth-order valence-corrected chi connectivity index (χ4v) is 13.8. The molecule has 0 N–H and O–H groups in total. The maximum Gasteiger partial charge on any atom is 0.0641 e. The lowest BCUT2D eigenvalue weighted by molar-refractivity contribution is 0.840. The van der Waals surface area contributed by atoms with Gasteiger partial charge in [-0.05, 0) is 195 Å². The van der Waals surface area contributed by atoms with E-state index in [-0.39, 0.29) is 0 Å². The summed E-state index contributed by atoms with van der Waals surface area (Å²) in [4.78, 5) is 0. The van der Waals surface area contributed by atoms with Gasteiger partial charge >= 0.3 is 0 Å². The SMILES string of the molecule is Cc1c(-c2cc(-c3ccc4c(c3)CC4)cc(-n3c4ccccc4c4ccc5c(c6ccccc6n5-c5ccc6c(c5)c5ccccc5n6-c5cccc(-c6cccc(-c7ccccc7)c6)c5)c43)c2)cccc1-c1ccc2c(c1)CC2. The summed E-state index contributed by atoms with van der Waals surface area (Å²) in [6.45, 7) is 2.32. The second-order valence-corrected chi connectivity index (χ2v) is 22.3. The van der Waals surface area contributed by atoms with Crippen LogP contribution in [0.3, 0.4) is 0 Å². The van der Waals surface area contributed by atoms with Crippen molar-refractivity contribution in [3.8, 4) is 72.7 Å². The van der Waals surface area contributed by atoms with Crippen LogP contribution in [0.5, 0.6) is 0 Å². The minimum Gasteiger partial charge on any atom is -0.309 e. The molecular weight excluding hydrogens is 967 g/mol. The van der Waals surface area contributed by atoms with Crippen molar-refractivity contribution in [2.75, 3.05) is 0 Å². The maximum atomic E-state index is 2.58. The number of hydrogen-bond donors (Lipinski definition) is 0. The van der Waals surface area contributed by atoms with E-state index in [9.17, 15) is 0 Å². The first-order chi connectivity index (χ1) is 39.6. The summed E-state index contributed by atoms with van der Waals surface area (Å²) in [6, 6.07) is 95.9. The number of para-hydroxylation sites is 3. The Labute approximate surface area is 464 Å². The second-order valence-electron chi connectivity index (χ2n) is 22.3. The Morgan fingerprint density at radius 3 is 1.48 bits per heavy atom. The number of aromatic nitrogens is 3. The van der Waals surface area contributed by atoms with Gasteiger partial charge in [0.05, 0.1) is 33.1 Å². The molecule has 12 aromatic carbocycles. The van der Waals surface area contributed by atoms with Gasteiger partial charge in [-0.25, -0.2) is 0 Å². The molecule has 0 unspecified atom stereocenters. The molecule has 0 fully saturated rings. The van der Waals surface area contributed by atoms with E-state index in [0.29, 0.717) is 0 Å². The molecule has 15 aromatic rings. The van der Waals surface area contributed by atoms with Crippen molar-refractivity contribution >= 4 is 65.4 Å². The summed E-state index contributed by atoms with van der Waals surface area (Å²) in [6.07, 6.45) is 4.66.